The number of aliphatic hydroxyl groups is 1. The summed E-state index contributed by atoms with van der Waals surface area (Å²) in [6.45, 7) is 8.69. The minimum absolute atomic E-state index is 0.117. The molecule has 2 rings (SSSR count). The average molecular weight is 323 g/mol. The molecule has 1 aromatic rings. The van der Waals surface area contributed by atoms with Gasteiger partial charge in [0.2, 0.25) is 5.91 Å². The largest absolute Gasteiger partial charge is 0.507 e. The van der Waals surface area contributed by atoms with Crippen LogP contribution in [-0.4, -0.2) is 33.7 Å². The predicted molar refractivity (Wildman–Crippen MR) is 90.5 cm³/mol. The molecule has 0 bridgehead atoms. The van der Waals surface area contributed by atoms with Gasteiger partial charge in [0, 0.05) is 12.3 Å². The van der Waals surface area contributed by atoms with E-state index >= 15 is 0 Å². The van der Waals surface area contributed by atoms with E-state index in [4.69, 9.17) is 0 Å². The third kappa shape index (κ3) is 3.41. The van der Waals surface area contributed by atoms with Crippen molar-refractivity contribution in [1.29, 1.82) is 0 Å². The highest BCUT2D eigenvalue weighted by Crippen LogP contribution is 2.38. The molecule has 1 aromatic carbocycles. The average Bonchev–Trinajstić information content (AvgIpc) is 2.46. The minimum atomic E-state index is -0.860. The molecular formula is C17H25NO3S. The van der Waals surface area contributed by atoms with Crippen LogP contribution in [0.25, 0.3) is 0 Å². The number of aromatic hydroxyl groups is 1. The molecule has 4 nitrogen and oxygen atoms in total. The highest BCUT2D eigenvalue weighted by molar-refractivity contribution is 8.00. The van der Waals surface area contributed by atoms with Crippen LogP contribution in [-0.2, 0) is 4.79 Å². The van der Waals surface area contributed by atoms with Crippen molar-refractivity contribution in [2.75, 3.05) is 12.3 Å². The summed E-state index contributed by atoms with van der Waals surface area (Å²) in [5.74, 6) is 1.30. The van der Waals surface area contributed by atoms with Gasteiger partial charge in [-0.05, 0) is 40.7 Å². The number of phenols is 1. The van der Waals surface area contributed by atoms with Crippen molar-refractivity contribution < 1.29 is 15.0 Å². The summed E-state index contributed by atoms with van der Waals surface area (Å²) in [6.07, 6.45) is -0.860. The first-order chi connectivity index (χ1) is 10.3. The first kappa shape index (κ1) is 17.2. The van der Waals surface area contributed by atoms with Gasteiger partial charge in [-0.3, -0.25) is 4.79 Å². The van der Waals surface area contributed by atoms with Crippen molar-refractivity contribution >= 4 is 17.7 Å². The fourth-order valence-electron chi connectivity index (χ4n) is 2.70. The van der Waals surface area contributed by atoms with Crippen LogP contribution in [0.2, 0.25) is 0 Å². The Morgan fingerprint density at radius 2 is 1.73 bits per heavy atom. The van der Waals surface area contributed by atoms with Crippen molar-refractivity contribution in [2.45, 2.75) is 50.9 Å². The molecule has 1 aliphatic rings. The van der Waals surface area contributed by atoms with Crippen LogP contribution in [0.3, 0.4) is 0 Å². The van der Waals surface area contributed by atoms with Crippen LogP contribution in [0.1, 0.15) is 62.3 Å². The minimum Gasteiger partial charge on any atom is -0.507 e. The summed E-state index contributed by atoms with van der Waals surface area (Å²) < 4.78 is 0. The Balaban J connectivity index is 2.43. The maximum absolute atomic E-state index is 12.0. The fourth-order valence-corrected chi connectivity index (χ4v) is 3.75. The van der Waals surface area contributed by atoms with E-state index in [0.717, 1.165) is 16.9 Å². The van der Waals surface area contributed by atoms with Crippen LogP contribution in [0.5, 0.6) is 5.75 Å². The quantitative estimate of drug-likeness (QED) is 0.797. The van der Waals surface area contributed by atoms with E-state index in [1.807, 2.05) is 39.8 Å². The van der Waals surface area contributed by atoms with Crippen LogP contribution in [0.15, 0.2) is 12.1 Å². The number of amides is 1. The summed E-state index contributed by atoms with van der Waals surface area (Å²) in [5.41, 5.74) is 2.35. The first-order valence-electron chi connectivity index (χ1n) is 7.77. The SMILES string of the molecule is CC(C)c1cc(C(O)C2SCCNC2=O)cc(C(C)C)c1O. The molecular weight excluding hydrogens is 298 g/mol. The highest BCUT2D eigenvalue weighted by Gasteiger charge is 2.32. The van der Waals surface area contributed by atoms with Gasteiger partial charge in [-0.15, -0.1) is 11.8 Å². The number of aliphatic hydroxyl groups excluding tert-OH is 1. The lowest BCUT2D eigenvalue weighted by Gasteiger charge is -2.27. The number of phenolic OH excluding ortho intramolecular Hbond substituents is 1. The topological polar surface area (TPSA) is 69.6 Å². The Morgan fingerprint density at radius 3 is 2.18 bits per heavy atom. The maximum Gasteiger partial charge on any atom is 0.236 e. The van der Waals surface area contributed by atoms with Gasteiger partial charge in [-0.1, -0.05) is 27.7 Å². The first-order valence-corrected chi connectivity index (χ1v) is 8.81. The second-order valence-electron chi connectivity index (χ2n) is 6.38. The lowest BCUT2D eigenvalue weighted by molar-refractivity contribution is -0.122. The molecule has 22 heavy (non-hydrogen) atoms. The number of benzene rings is 1. The summed E-state index contributed by atoms with van der Waals surface area (Å²) in [4.78, 5) is 12.0. The Kier molecular flexibility index (Phi) is 5.40. The third-order valence-electron chi connectivity index (χ3n) is 4.02. The van der Waals surface area contributed by atoms with E-state index in [1.165, 1.54) is 11.8 Å². The van der Waals surface area contributed by atoms with Gasteiger partial charge in [0.1, 0.15) is 11.0 Å². The second-order valence-corrected chi connectivity index (χ2v) is 7.63. The van der Waals surface area contributed by atoms with Gasteiger partial charge in [0.15, 0.2) is 0 Å². The molecule has 0 radical (unpaired) electrons. The number of hydrogen-bond acceptors (Lipinski definition) is 4. The van der Waals surface area contributed by atoms with E-state index in [-0.39, 0.29) is 17.7 Å². The maximum atomic E-state index is 12.0. The van der Waals surface area contributed by atoms with Crippen molar-refractivity contribution in [3.05, 3.63) is 28.8 Å². The highest BCUT2D eigenvalue weighted by atomic mass is 32.2. The summed E-state index contributed by atoms with van der Waals surface area (Å²) in [5, 5.41) is 23.4. The molecule has 0 aliphatic carbocycles. The third-order valence-corrected chi connectivity index (χ3v) is 5.29. The number of nitrogens with one attached hydrogen (secondary N) is 1. The van der Waals surface area contributed by atoms with Crippen molar-refractivity contribution in [3.8, 4) is 5.75 Å². The molecule has 122 valence electrons. The lowest BCUT2D eigenvalue weighted by atomic mass is 9.89. The zero-order chi connectivity index (χ0) is 16.4. The number of rotatable bonds is 4. The normalized spacial score (nSPS) is 20.3. The Hall–Kier alpha value is -1.20. The summed E-state index contributed by atoms with van der Waals surface area (Å²) in [7, 11) is 0. The lowest BCUT2D eigenvalue weighted by Crippen LogP contribution is -2.42. The molecule has 5 heteroatoms. The number of hydrogen-bond donors (Lipinski definition) is 3. The molecule has 1 saturated heterocycles. The van der Waals surface area contributed by atoms with Crippen molar-refractivity contribution in [2.24, 2.45) is 0 Å². The van der Waals surface area contributed by atoms with Gasteiger partial charge in [0.05, 0.1) is 6.10 Å². The van der Waals surface area contributed by atoms with Gasteiger partial charge in [-0.25, -0.2) is 0 Å². The van der Waals surface area contributed by atoms with E-state index < -0.39 is 11.4 Å². The van der Waals surface area contributed by atoms with E-state index in [9.17, 15) is 15.0 Å². The Labute approximate surface area is 136 Å². The molecule has 0 aromatic heterocycles. The fraction of sp³-hybridized carbons (Fsp3) is 0.588. The van der Waals surface area contributed by atoms with Crippen LogP contribution < -0.4 is 5.32 Å². The molecule has 2 unspecified atom stereocenters. The number of carbonyl (C=O) groups is 1. The molecule has 1 fully saturated rings. The van der Waals surface area contributed by atoms with Crippen LogP contribution in [0.4, 0.5) is 0 Å². The van der Waals surface area contributed by atoms with Gasteiger partial charge in [-0.2, -0.15) is 0 Å². The van der Waals surface area contributed by atoms with Crippen molar-refractivity contribution in [1.82, 2.24) is 5.32 Å². The number of thioether (sulfide) groups is 1. The van der Waals surface area contributed by atoms with E-state index in [1.54, 1.807) is 0 Å². The smallest absolute Gasteiger partial charge is 0.236 e. The van der Waals surface area contributed by atoms with Gasteiger partial charge < -0.3 is 15.5 Å². The number of carbonyl (C=O) groups excluding carboxylic acids is 1. The predicted octanol–water partition coefficient (Wildman–Crippen LogP) is 2.90. The molecule has 0 saturated carbocycles. The van der Waals surface area contributed by atoms with Gasteiger partial charge >= 0.3 is 0 Å². The van der Waals surface area contributed by atoms with Gasteiger partial charge in [0.25, 0.3) is 0 Å². The molecule has 1 amide bonds. The van der Waals surface area contributed by atoms with E-state index in [2.05, 4.69) is 5.32 Å². The monoisotopic (exact) mass is 323 g/mol. The zero-order valence-electron chi connectivity index (χ0n) is 13.6. The Morgan fingerprint density at radius 1 is 1.18 bits per heavy atom. The van der Waals surface area contributed by atoms with Crippen LogP contribution in [0, 0.1) is 0 Å². The Bertz CT molecular complexity index is 528. The molecule has 2 atom stereocenters. The van der Waals surface area contributed by atoms with E-state index in [0.29, 0.717) is 17.9 Å². The zero-order valence-corrected chi connectivity index (χ0v) is 14.4. The van der Waals surface area contributed by atoms with Crippen LogP contribution >= 0.6 is 11.8 Å². The molecule has 3 N–H and O–H groups in total. The molecule has 0 spiro atoms. The molecule has 1 aliphatic heterocycles. The summed E-state index contributed by atoms with van der Waals surface area (Å²) >= 11 is 1.48. The standard InChI is InChI=1S/C17H25NO3S/c1-9(2)12-7-11(8-13(10(3)4)15(12)20)14(19)16-17(21)18-5-6-22-16/h7-10,14,16,19-20H,5-6H2,1-4H3,(H,18,21). The summed E-state index contributed by atoms with van der Waals surface area (Å²) in [6, 6.07) is 3.66. The van der Waals surface area contributed by atoms with Crippen molar-refractivity contribution in [3.63, 3.8) is 0 Å². The molecule has 1 heterocycles. The second kappa shape index (κ2) is 6.92.